The lowest BCUT2D eigenvalue weighted by atomic mass is 9.62. The topological polar surface area (TPSA) is 80.1 Å². The summed E-state index contributed by atoms with van der Waals surface area (Å²) < 4.78 is 1.75. The third-order valence-electron chi connectivity index (χ3n) is 5.95. The Morgan fingerprint density at radius 3 is 2.78 bits per heavy atom. The van der Waals surface area contributed by atoms with Crippen molar-refractivity contribution in [2.45, 2.75) is 39.3 Å². The summed E-state index contributed by atoms with van der Waals surface area (Å²) in [4.78, 5) is 31.8. The van der Waals surface area contributed by atoms with Crippen LogP contribution in [0.5, 0.6) is 0 Å². The van der Waals surface area contributed by atoms with Crippen LogP contribution < -0.4 is 5.32 Å². The van der Waals surface area contributed by atoms with E-state index in [0.29, 0.717) is 25.3 Å². The Balaban J connectivity index is 1.44. The summed E-state index contributed by atoms with van der Waals surface area (Å²) in [5.41, 5.74) is 1.22. The van der Waals surface area contributed by atoms with E-state index in [9.17, 15) is 9.59 Å². The maximum absolute atomic E-state index is 12.9. The van der Waals surface area contributed by atoms with Crippen molar-refractivity contribution in [2.75, 3.05) is 13.1 Å². The lowest BCUT2D eigenvalue weighted by molar-refractivity contribution is -0.129. The van der Waals surface area contributed by atoms with Gasteiger partial charge in [-0.25, -0.2) is 0 Å². The fourth-order valence-electron chi connectivity index (χ4n) is 4.24. The molecule has 2 aromatic rings. The van der Waals surface area contributed by atoms with Crippen LogP contribution in [0.2, 0.25) is 0 Å². The summed E-state index contributed by atoms with van der Waals surface area (Å²) in [5, 5.41) is 7.35. The molecule has 0 bridgehead atoms. The maximum Gasteiger partial charge on any atom is 0.274 e. The molecule has 2 aromatic heterocycles. The second-order valence-corrected chi connectivity index (χ2v) is 7.55. The van der Waals surface area contributed by atoms with Gasteiger partial charge < -0.3 is 10.2 Å². The van der Waals surface area contributed by atoms with E-state index in [1.807, 2.05) is 36.2 Å². The fraction of sp³-hybridized carbons (Fsp3) is 0.500. The number of hydrogen-bond donors (Lipinski definition) is 1. The standard InChI is InChI=1S/C20H25N5O2/c1-2-25-11-7-17(23-25)19(27)24-13-16(20(14-24)8-5-9-20)18(26)22-12-15-6-3-4-10-21-15/h3-4,6-7,10-11,16H,2,5,8-9,12-14H2,1H3,(H,22,26). The molecule has 1 N–H and O–H groups in total. The minimum atomic E-state index is -0.160. The molecular formula is C20H25N5O2. The van der Waals surface area contributed by atoms with Crippen molar-refractivity contribution in [1.82, 2.24) is 25.0 Å². The van der Waals surface area contributed by atoms with E-state index < -0.39 is 0 Å². The summed E-state index contributed by atoms with van der Waals surface area (Å²) in [6, 6.07) is 7.42. The highest BCUT2D eigenvalue weighted by Gasteiger charge is 2.54. The van der Waals surface area contributed by atoms with Gasteiger partial charge in [0, 0.05) is 37.4 Å². The minimum absolute atomic E-state index is 0.0229. The molecular weight excluding hydrogens is 342 g/mol. The number of nitrogens with one attached hydrogen (secondary N) is 1. The second-order valence-electron chi connectivity index (χ2n) is 7.55. The monoisotopic (exact) mass is 367 g/mol. The zero-order valence-corrected chi connectivity index (χ0v) is 15.6. The van der Waals surface area contributed by atoms with Crippen molar-refractivity contribution in [1.29, 1.82) is 0 Å². The Kier molecular flexibility index (Phi) is 4.68. The van der Waals surface area contributed by atoms with E-state index in [4.69, 9.17) is 0 Å². The lowest BCUT2D eigenvalue weighted by Crippen LogP contribution is -2.45. The number of carbonyl (C=O) groups excluding carboxylic acids is 2. The van der Waals surface area contributed by atoms with Gasteiger partial charge in [0.25, 0.3) is 5.91 Å². The number of aromatic nitrogens is 3. The van der Waals surface area contributed by atoms with Gasteiger partial charge in [-0.05, 0) is 38.0 Å². The molecule has 1 saturated carbocycles. The van der Waals surface area contributed by atoms with Crippen molar-refractivity contribution in [3.63, 3.8) is 0 Å². The predicted octanol–water partition coefficient (Wildman–Crippen LogP) is 1.86. The number of amides is 2. The number of carbonyl (C=O) groups is 2. The van der Waals surface area contributed by atoms with Crippen molar-refractivity contribution >= 4 is 11.8 Å². The largest absolute Gasteiger partial charge is 0.350 e. The van der Waals surface area contributed by atoms with Crippen molar-refractivity contribution in [3.8, 4) is 0 Å². The summed E-state index contributed by atoms with van der Waals surface area (Å²) >= 11 is 0. The zero-order valence-electron chi connectivity index (χ0n) is 15.6. The number of nitrogens with zero attached hydrogens (tertiary/aromatic N) is 4. The summed E-state index contributed by atoms with van der Waals surface area (Å²) in [6.07, 6.45) is 6.67. The molecule has 2 fully saturated rings. The van der Waals surface area contributed by atoms with E-state index in [1.54, 1.807) is 16.9 Å². The Morgan fingerprint density at radius 2 is 2.15 bits per heavy atom. The van der Waals surface area contributed by atoms with Gasteiger partial charge in [0.05, 0.1) is 18.2 Å². The van der Waals surface area contributed by atoms with E-state index in [2.05, 4.69) is 15.4 Å². The third-order valence-corrected chi connectivity index (χ3v) is 5.95. The van der Waals surface area contributed by atoms with Gasteiger partial charge in [-0.1, -0.05) is 12.5 Å². The SMILES string of the molecule is CCn1ccc(C(=O)N2CC(C(=O)NCc3ccccn3)C3(CCC3)C2)n1. The first kappa shape index (κ1) is 17.7. The van der Waals surface area contributed by atoms with Gasteiger partial charge in [0.1, 0.15) is 5.69 Å². The molecule has 2 amide bonds. The highest BCUT2D eigenvalue weighted by Crippen LogP contribution is 2.51. The molecule has 142 valence electrons. The number of rotatable bonds is 5. The van der Waals surface area contributed by atoms with Crippen LogP contribution in [0.15, 0.2) is 36.7 Å². The average Bonchev–Trinajstić information content (AvgIpc) is 3.31. The van der Waals surface area contributed by atoms with E-state index in [0.717, 1.165) is 31.5 Å². The van der Waals surface area contributed by atoms with Gasteiger partial charge >= 0.3 is 0 Å². The molecule has 0 radical (unpaired) electrons. The molecule has 4 rings (SSSR count). The average molecular weight is 367 g/mol. The van der Waals surface area contributed by atoms with Gasteiger partial charge in [0.2, 0.25) is 5.91 Å². The Hall–Kier alpha value is -2.70. The molecule has 7 heteroatoms. The molecule has 3 heterocycles. The summed E-state index contributed by atoms with van der Waals surface area (Å²) in [6.45, 7) is 4.25. The Morgan fingerprint density at radius 1 is 1.30 bits per heavy atom. The van der Waals surface area contributed by atoms with Gasteiger partial charge in [-0.3, -0.25) is 19.3 Å². The van der Waals surface area contributed by atoms with Gasteiger partial charge in [-0.15, -0.1) is 0 Å². The van der Waals surface area contributed by atoms with E-state index in [1.165, 1.54) is 0 Å². The van der Waals surface area contributed by atoms with E-state index >= 15 is 0 Å². The fourth-order valence-corrected chi connectivity index (χ4v) is 4.24. The summed E-state index contributed by atoms with van der Waals surface area (Å²) in [7, 11) is 0. The first-order valence-corrected chi connectivity index (χ1v) is 9.62. The molecule has 1 saturated heterocycles. The molecule has 1 unspecified atom stereocenters. The van der Waals surface area contributed by atoms with Crippen molar-refractivity contribution in [3.05, 3.63) is 48.0 Å². The normalized spacial score (nSPS) is 20.5. The molecule has 1 aliphatic carbocycles. The van der Waals surface area contributed by atoms with Crippen LogP contribution >= 0.6 is 0 Å². The molecule has 1 atom stereocenters. The van der Waals surface area contributed by atoms with Crippen LogP contribution in [0.25, 0.3) is 0 Å². The molecule has 1 spiro atoms. The van der Waals surface area contributed by atoms with Gasteiger partial charge in [0.15, 0.2) is 0 Å². The number of hydrogen-bond acceptors (Lipinski definition) is 4. The number of aryl methyl sites for hydroxylation is 1. The maximum atomic E-state index is 12.9. The third kappa shape index (κ3) is 3.34. The zero-order chi connectivity index (χ0) is 18.9. The van der Waals surface area contributed by atoms with Gasteiger partial charge in [-0.2, -0.15) is 5.10 Å². The van der Waals surface area contributed by atoms with Crippen molar-refractivity contribution < 1.29 is 9.59 Å². The van der Waals surface area contributed by atoms with E-state index in [-0.39, 0.29) is 23.1 Å². The smallest absolute Gasteiger partial charge is 0.274 e. The first-order valence-electron chi connectivity index (χ1n) is 9.62. The molecule has 7 nitrogen and oxygen atoms in total. The van der Waals surface area contributed by atoms with Crippen LogP contribution in [0.1, 0.15) is 42.4 Å². The van der Waals surface area contributed by atoms with Crippen LogP contribution in [-0.4, -0.2) is 44.6 Å². The van der Waals surface area contributed by atoms with Crippen LogP contribution in [-0.2, 0) is 17.9 Å². The first-order chi connectivity index (χ1) is 13.1. The number of pyridine rings is 1. The lowest BCUT2D eigenvalue weighted by Gasteiger charge is -2.41. The number of likely N-dealkylation sites (tertiary alicyclic amines) is 1. The highest BCUT2D eigenvalue weighted by molar-refractivity contribution is 5.93. The highest BCUT2D eigenvalue weighted by atomic mass is 16.2. The Labute approximate surface area is 158 Å². The minimum Gasteiger partial charge on any atom is -0.350 e. The van der Waals surface area contributed by atoms with Crippen molar-refractivity contribution in [2.24, 2.45) is 11.3 Å². The molecule has 2 aliphatic rings. The molecule has 27 heavy (non-hydrogen) atoms. The predicted molar refractivity (Wildman–Crippen MR) is 99.7 cm³/mol. The van der Waals surface area contributed by atoms with Crippen LogP contribution in [0, 0.1) is 11.3 Å². The van der Waals surface area contributed by atoms with Crippen LogP contribution in [0.4, 0.5) is 0 Å². The molecule has 0 aromatic carbocycles. The Bertz CT molecular complexity index is 828. The second kappa shape index (κ2) is 7.13. The molecule has 1 aliphatic heterocycles. The summed E-state index contributed by atoms with van der Waals surface area (Å²) in [5.74, 6) is -0.213. The van der Waals surface area contributed by atoms with Crippen LogP contribution in [0.3, 0.4) is 0 Å². The quantitative estimate of drug-likeness (QED) is 0.875.